The van der Waals surface area contributed by atoms with Crippen molar-refractivity contribution in [1.29, 1.82) is 0 Å². The Morgan fingerprint density at radius 3 is 2.46 bits per heavy atom. The highest BCUT2D eigenvalue weighted by Gasteiger charge is 2.26. The summed E-state index contributed by atoms with van der Waals surface area (Å²) < 4.78 is 1.32. The molecule has 0 bridgehead atoms. The predicted octanol–water partition coefficient (Wildman–Crippen LogP) is -0.857. The standard InChI is InChI=1S/C17H29BN4O4/c1-13(2)10-15(18(25)26)19-16(23)12-22-5-4-14(11-17(22)24)21-8-6-20(3)7-9-21/h4-5,11,13,15,25-26H,6-10,12H2,1-3H3,(H,19,23)/t15-/m0/s1. The molecular weight excluding hydrogens is 335 g/mol. The molecule has 3 N–H and O–H groups in total. The molecule has 26 heavy (non-hydrogen) atoms. The van der Waals surface area contributed by atoms with Crippen LogP contribution in [-0.2, 0) is 11.3 Å². The highest BCUT2D eigenvalue weighted by molar-refractivity contribution is 6.43. The van der Waals surface area contributed by atoms with E-state index in [4.69, 9.17) is 0 Å². The number of piperazine rings is 1. The number of pyridine rings is 1. The van der Waals surface area contributed by atoms with Crippen LogP contribution in [-0.4, -0.2) is 71.7 Å². The zero-order chi connectivity index (χ0) is 19.3. The number of rotatable bonds is 7. The van der Waals surface area contributed by atoms with Gasteiger partial charge in [0, 0.05) is 44.1 Å². The molecule has 144 valence electrons. The first-order valence-electron chi connectivity index (χ1n) is 9.05. The van der Waals surface area contributed by atoms with Crippen molar-refractivity contribution in [2.24, 2.45) is 5.92 Å². The first-order chi connectivity index (χ1) is 12.3. The smallest absolute Gasteiger partial charge is 0.426 e. The molecule has 0 radical (unpaired) electrons. The monoisotopic (exact) mass is 364 g/mol. The summed E-state index contributed by atoms with van der Waals surface area (Å²) >= 11 is 0. The number of carbonyl (C=O) groups is 1. The van der Waals surface area contributed by atoms with Gasteiger partial charge in [0.15, 0.2) is 0 Å². The normalized spacial score (nSPS) is 16.6. The third-order valence-corrected chi connectivity index (χ3v) is 4.59. The zero-order valence-electron chi connectivity index (χ0n) is 15.8. The molecule has 0 saturated carbocycles. The van der Waals surface area contributed by atoms with Gasteiger partial charge in [0.25, 0.3) is 5.56 Å². The molecule has 1 atom stereocenters. The molecule has 1 saturated heterocycles. The molecule has 2 heterocycles. The molecule has 9 heteroatoms. The number of likely N-dealkylation sites (N-methyl/N-ethyl adjacent to an activating group) is 1. The van der Waals surface area contributed by atoms with Gasteiger partial charge in [0.2, 0.25) is 5.91 Å². The fourth-order valence-corrected chi connectivity index (χ4v) is 3.06. The van der Waals surface area contributed by atoms with E-state index in [0.29, 0.717) is 6.42 Å². The van der Waals surface area contributed by atoms with Crippen LogP contribution in [0.4, 0.5) is 5.69 Å². The van der Waals surface area contributed by atoms with Crippen LogP contribution in [0.25, 0.3) is 0 Å². The van der Waals surface area contributed by atoms with Gasteiger partial charge in [-0.2, -0.15) is 0 Å². The van der Waals surface area contributed by atoms with E-state index in [1.54, 1.807) is 12.3 Å². The van der Waals surface area contributed by atoms with Crippen LogP contribution in [0.5, 0.6) is 0 Å². The van der Waals surface area contributed by atoms with E-state index in [-0.39, 0.29) is 18.0 Å². The Morgan fingerprint density at radius 1 is 1.27 bits per heavy atom. The maximum absolute atomic E-state index is 12.3. The number of nitrogens with one attached hydrogen (secondary N) is 1. The summed E-state index contributed by atoms with van der Waals surface area (Å²) in [5.74, 6) is -0.964. The first-order valence-corrected chi connectivity index (χ1v) is 9.05. The lowest BCUT2D eigenvalue weighted by atomic mass is 9.75. The van der Waals surface area contributed by atoms with E-state index in [9.17, 15) is 19.6 Å². The maximum atomic E-state index is 12.3. The number of anilines is 1. The van der Waals surface area contributed by atoms with Crippen LogP contribution in [0.1, 0.15) is 20.3 Å². The molecule has 0 aliphatic carbocycles. The van der Waals surface area contributed by atoms with E-state index in [0.717, 1.165) is 31.9 Å². The third kappa shape index (κ3) is 5.86. The molecule has 0 unspecified atom stereocenters. The highest BCUT2D eigenvalue weighted by atomic mass is 16.4. The molecule has 1 aliphatic rings. The Morgan fingerprint density at radius 2 is 1.92 bits per heavy atom. The van der Waals surface area contributed by atoms with Crippen LogP contribution in [0.15, 0.2) is 23.1 Å². The molecule has 1 amide bonds. The van der Waals surface area contributed by atoms with Gasteiger partial charge in [-0.25, -0.2) is 0 Å². The van der Waals surface area contributed by atoms with Crippen molar-refractivity contribution in [3.63, 3.8) is 0 Å². The van der Waals surface area contributed by atoms with Crippen molar-refractivity contribution in [2.45, 2.75) is 32.8 Å². The van der Waals surface area contributed by atoms with Crippen molar-refractivity contribution in [2.75, 3.05) is 38.1 Å². The van der Waals surface area contributed by atoms with Crippen molar-refractivity contribution < 1.29 is 14.8 Å². The predicted molar refractivity (Wildman–Crippen MR) is 102 cm³/mol. The summed E-state index contributed by atoms with van der Waals surface area (Å²) in [7, 11) is 0.446. The SMILES string of the molecule is CC(C)C[C@H](NC(=O)Cn1ccc(N2CCN(C)CC2)cc1=O)B(O)O. The number of nitrogens with zero attached hydrogens (tertiary/aromatic N) is 3. The minimum absolute atomic E-state index is 0.150. The molecule has 0 spiro atoms. The summed E-state index contributed by atoms with van der Waals surface area (Å²) in [6.07, 6.45) is 2.06. The van der Waals surface area contributed by atoms with Crippen LogP contribution < -0.4 is 15.8 Å². The topological polar surface area (TPSA) is 98.0 Å². The Kier molecular flexibility index (Phi) is 7.25. The van der Waals surface area contributed by atoms with Crippen LogP contribution in [0, 0.1) is 5.92 Å². The lowest BCUT2D eigenvalue weighted by molar-refractivity contribution is -0.122. The highest BCUT2D eigenvalue weighted by Crippen LogP contribution is 2.13. The molecule has 1 fully saturated rings. The molecule has 1 aromatic rings. The summed E-state index contributed by atoms with van der Waals surface area (Å²) in [5, 5.41) is 21.4. The van der Waals surface area contributed by atoms with E-state index in [1.807, 2.05) is 19.9 Å². The van der Waals surface area contributed by atoms with Crippen molar-refractivity contribution >= 4 is 18.7 Å². The second-order valence-corrected chi connectivity index (χ2v) is 7.36. The summed E-state index contributed by atoms with van der Waals surface area (Å²) in [6.45, 7) is 7.35. The van der Waals surface area contributed by atoms with Gasteiger partial charge in [-0.15, -0.1) is 0 Å². The average molecular weight is 364 g/mol. The van der Waals surface area contributed by atoms with E-state index in [1.165, 1.54) is 4.57 Å². The maximum Gasteiger partial charge on any atom is 0.475 e. The van der Waals surface area contributed by atoms with Crippen molar-refractivity contribution in [3.05, 3.63) is 28.7 Å². The van der Waals surface area contributed by atoms with Gasteiger partial charge in [0.05, 0.1) is 5.94 Å². The fraction of sp³-hybridized carbons (Fsp3) is 0.647. The van der Waals surface area contributed by atoms with Crippen molar-refractivity contribution in [3.8, 4) is 0 Å². The number of amides is 1. The number of carbonyl (C=O) groups excluding carboxylic acids is 1. The van der Waals surface area contributed by atoms with E-state index >= 15 is 0 Å². The second kappa shape index (κ2) is 9.20. The summed E-state index contributed by atoms with van der Waals surface area (Å²) in [5.41, 5.74) is 0.616. The average Bonchev–Trinajstić information content (AvgIpc) is 2.56. The van der Waals surface area contributed by atoms with Crippen LogP contribution >= 0.6 is 0 Å². The Bertz CT molecular complexity index is 656. The van der Waals surface area contributed by atoms with Gasteiger partial charge in [-0.1, -0.05) is 13.8 Å². The molecular formula is C17H29BN4O4. The third-order valence-electron chi connectivity index (χ3n) is 4.59. The molecule has 2 rings (SSSR count). The zero-order valence-corrected chi connectivity index (χ0v) is 15.8. The Labute approximate surface area is 154 Å². The largest absolute Gasteiger partial charge is 0.475 e. The quantitative estimate of drug-likeness (QED) is 0.545. The fourth-order valence-electron chi connectivity index (χ4n) is 3.06. The number of hydrogen-bond acceptors (Lipinski definition) is 6. The van der Waals surface area contributed by atoms with E-state index < -0.39 is 19.0 Å². The molecule has 8 nitrogen and oxygen atoms in total. The lowest BCUT2D eigenvalue weighted by Crippen LogP contribution is -2.48. The second-order valence-electron chi connectivity index (χ2n) is 7.36. The number of aromatic nitrogens is 1. The minimum Gasteiger partial charge on any atom is -0.426 e. The van der Waals surface area contributed by atoms with Gasteiger partial charge >= 0.3 is 7.12 Å². The van der Waals surface area contributed by atoms with Crippen LogP contribution in [0.2, 0.25) is 0 Å². The first kappa shape index (κ1) is 20.5. The van der Waals surface area contributed by atoms with Gasteiger partial charge in [-0.3, -0.25) is 9.59 Å². The molecule has 0 aromatic carbocycles. The number of hydrogen-bond donors (Lipinski definition) is 3. The van der Waals surface area contributed by atoms with Crippen LogP contribution in [0.3, 0.4) is 0 Å². The Hall–Kier alpha value is -1.84. The Balaban J connectivity index is 1.98. The van der Waals surface area contributed by atoms with Crippen molar-refractivity contribution in [1.82, 2.24) is 14.8 Å². The molecule has 1 aliphatic heterocycles. The van der Waals surface area contributed by atoms with Gasteiger partial charge in [0.1, 0.15) is 6.54 Å². The molecule has 1 aromatic heterocycles. The minimum atomic E-state index is -1.63. The van der Waals surface area contributed by atoms with Gasteiger partial charge in [-0.05, 0) is 25.5 Å². The summed E-state index contributed by atoms with van der Waals surface area (Å²) in [4.78, 5) is 28.9. The van der Waals surface area contributed by atoms with E-state index in [2.05, 4.69) is 22.2 Å². The van der Waals surface area contributed by atoms with Gasteiger partial charge < -0.3 is 29.7 Å². The summed E-state index contributed by atoms with van der Waals surface area (Å²) in [6, 6.07) is 3.39. The lowest BCUT2D eigenvalue weighted by Gasteiger charge is -2.34.